The lowest BCUT2D eigenvalue weighted by atomic mass is 9.93. The molecular formula is C19H25N3O2. The van der Waals surface area contributed by atoms with Crippen molar-refractivity contribution in [1.82, 2.24) is 15.1 Å². The van der Waals surface area contributed by atoms with Gasteiger partial charge in [0.25, 0.3) is 0 Å². The smallest absolute Gasteiger partial charge is 0.248 e. The minimum atomic E-state index is 0.0992. The number of hydrogen-bond donors (Lipinski definition) is 1. The van der Waals surface area contributed by atoms with E-state index in [0.717, 1.165) is 43.7 Å². The van der Waals surface area contributed by atoms with Crippen LogP contribution in [0.3, 0.4) is 0 Å². The number of likely N-dealkylation sites (tertiary alicyclic amines) is 1. The monoisotopic (exact) mass is 327 g/mol. The van der Waals surface area contributed by atoms with Crippen molar-refractivity contribution in [3.05, 3.63) is 53.3 Å². The van der Waals surface area contributed by atoms with Gasteiger partial charge in [0.1, 0.15) is 6.61 Å². The second-order valence-electron chi connectivity index (χ2n) is 6.27. The minimum absolute atomic E-state index is 0.0992. The SMILES string of the molecule is CCOCC(=O)N1CCC(c2cc(Cc3ccccc3)[nH]n2)CC1. The second kappa shape index (κ2) is 8.11. The first-order valence-corrected chi connectivity index (χ1v) is 8.70. The summed E-state index contributed by atoms with van der Waals surface area (Å²) in [6, 6.07) is 12.6. The number of carbonyl (C=O) groups excluding carboxylic acids is 1. The summed E-state index contributed by atoms with van der Waals surface area (Å²) in [4.78, 5) is 13.9. The highest BCUT2D eigenvalue weighted by Gasteiger charge is 2.25. The van der Waals surface area contributed by atoms with E-state index in [2.05, 4.69) is 40.5 Å². The van der Waals surface area contributed by atoms with E-state index in [1.807, 2.05) is 17.9 Å². The molecule has 5 heteroatoms. The largest absolute Gasteiger partial charge is 0.372 e. The molecule has 0 aliphatic carbocycles. The molecule has 3 rings (SSSR count). The van der Waals surface area contributed by atoms with Gasteiger partial charge in [0.15, 0.2) is 0 Å². The Kier molecular flexibility index (Phi) is 5.64. The molecule has 5 nitrogen and oxygen atoms in total. The first-order valence-electron chi connectivity index (χ1n) is 8.70. The fourth-order valence-electron chi connectivity index (χ4n) is 3.20. The molecule has 1 aromatic carbocycles. The van der Waals surface area contributed by atoms with Crippen LogP contribution in [0, 0.1) is 0 Å². The lowest BCUT2D eigenvalue weighted by Crippen LogP contribution is -2.40. The van der Waals surface area contributed by atoms with Crippen LogP contribution in [0.2, 0.25) is 0 Å². The Morgan fingerprint density at radius 1 is 1.29 bits per heavy atom. The number of nitrogens with one attached hydrogen (secondary N) is 1. The number of rotatable bonds is 6. The minimum Gasteiger partial charge on any atom is -0.372 e. The lowest BCUT2D eigenvalue weighted by Gasteiger charge is -2.31. The number of benzene rings is 1. The lowest BCUT2D eigenvalue weighted by molar-refractivity contribution is -0.137. The molecule has 1 saturated heterocycles. The third-order valence-electron chi connectivity index (χ3n) is 4.58. The van der Waals surface area contributed by atoms with E-state index in [9.17, 15) is 4.79 Å². The Bertz CT molecular complexity index is 646. The van der Waals surface area contributed by atoms with Gasteiger partial charge in [0, 0.05) is 37.7 Å². The van der Waals surface area contributed by atoms with E-state index in [4.69, 9.17) is 4.74 Å². The topological polar surface area (TPSA) is 58.2 Å². The van der Waals surface area contributed by atoms with Crippen molar-refractivity contribution in [1.29, 1.82) is 0 Å². The molecule has 0 saturated carbocycles. The van der Waals surface area contributed by atoms with E-state index in [0.29, 0.717) is 12.5 Å². The van der Waals surface area contributed by atoms with Gasteiger partial charge in [-0.3, -0.25) is 9.89 Å². The Morgan fingerprint density at radius 3 is 2.75 bits per heavy atom. The van der Waals surface area contributed by atoms with Crippen molar-refractivity contribution in [3.63, 3.8) is 0 Å². The quantitative estimate of drug-likeness (QED) is 0.887. The zero-order chi connectivity index (χ0) is 16.8. The van der Waals surface area contributed by atoms with Crippen LogP contribution in [-0.4, -0.2) is 47.3 Å². The van der Waals surface area contributed by atoms with Crippen LogP contribution in [0.15, 0.2) is 36.4 Å². The van der Waals surface area contributed by atoms with Gasteiger partial charge < -0.3 is 9.64 Å². The zero-order valence-corrected chi connectivity index (χ0v) is 14.2. The van der Waals surface area contributed by atoms with Gasteiger partial charge >= 0.3 is 0 Å². The van der Waals surface area contributed by atoms with Crippen molar-refractivity contribution in [2.45, 2.75) is 32.1 Å². The standard InChI is InChI=1S/C19H25N3O2/c1-2-24-14-19(23)22-10-8-16(9-11-22)18-13-17(20-21-18)12-15-6-4-3-5-7-15/h3-7,13,16H,2,8-12,14H2,1H3,(H,20,21). The molecule has 1 N–H and O–H groups in total. The van der Waals surface area contributed by atoms with E-state index >= 15 is 0 Å². The summed E-state index contributed by atoms with van der Waals surface area (Å²) < 4.78 is 5.21. The molecular weight excluding hydrogens is 302 g/mol. The van der Waals surface area contributed by atoms with Crippen molar-refractivity contribution in [2.24, 2.45) is 0 Å². The third-order valence-corrected chi connectivity index (χ3v) is 4.58. The van der Waals surface area contributed by atoms with Gasteiger partial charge in [-0.2, -0.15) is 5.10 Å². The number of amides is 1. The van der Waals surface area contributed by atoms with Crippen LogP contribution < -0.4 is 0 Å². The van der Waals surface area contributed by atoms with E-state index in [1.165, 1.54) is 5.56 Å². The number of piperidine rings is 1. The van der Waals surface area contributed by atoms with Crippen LogP contribution in [-0.2, 0) is 16.0 Å². The number of H-pyrrole nitrogens is 1. The molecule has 1 aliphatic heterocycles. The Hall–Kier alpha value is -2.14. The predicted octanol–water partition coefficient (Wildman–Crippen LogP) is 2.74. The first kappa shape index (κ1) is 16.7. The van der Waals surface area contributed by atoms with Crippen LogP contribution in [0.25, 0.3) is 0 Å². The molecule has 2 heterocycles. The van der Waals surface area contributed by atoms with Crippen molar-refractivity contribution in [3.8, 4) is 0 Å². The van der Waals surface area contributed by atoms with Crippen molar-refractivity contribution < 1.29 is 9.53 Å². The molecule has 0 bridgehead atoms. The Labute approximate surface area is 143 Å². The molecule has 24 heavy (non-hydrogen) atoms. The summed E-state index contributed by atoms with van der Waals surface area (Å²) in [5, 5.41) is 7.67. The van der Waals surface area contributed by atoms with Crippen LogP contribution >= 0.6 is 0 Å². The van der Waals surface area contributed by atoms with Crippen LogP contribution in [0.4, 0.5) is 0 Å². The molecule has 0 unspecified atom stereocenters. The van der Waals surface area contributed by atoms with E-state index < -0.39 is 0 Å². The average Bonchev–Trinajstić information content (AvgIpc) is 3.09. The first-order chi connectivity index (χ1) is 11.8. The maximum Gasteiger partial charge on any atom is 0.248 e. The number of nitrogens with zero attached hydrogens (tertiary/aromatic N) is 2. The average molecular weight is 327 g/mol. The zero-order valence-electron chi connectivity index (χ0n) is 14.2. The third kappa shape index (κ3) is 4.23. The maximum absolute atomic E-state index is 12.0. The van der Waals surface area contributed by atoms with Crippen molar-refractivity contribution in [2.75, 3.05) is 26.3 Å². The van der Waals surface area contributed by atoms with Crippen LogP contribution in [0.5, 0.6) is 0 Å². The van der Waals surface area contributed by atoms with Gasteiger partial charge in [-0.1, -0.05) is 30.3 Å². The number of hydrogen-bond acceptors (Lipinski definition) is 3. The predicted molar refractivity (Wildman–Crippen MR) is 92.9 cm³/mol. The molecule has 1 amide bonds. The maximum atomic E-state index is 12.0. The summed E-state index contributed by atoms with van der Waals surface area (Å²) in [5.74, 6) is 0.531. The Morgan fingerprint density at radius 2 is 2.04 bits per heavy atom. The Balaban J connectivity index is 1.53. The summed E-state index contributed by atoms with van der Waals surface area (Å²) >= 11 is 0. The fourth-order valence-corrected chi connectivity index (χ4v) is 3.20. The van der Waals surface area contributed by atoms with Crippen molar-refractivity contribution >= 4 is 5.91 Å². The molecule has 0 spiro atoms. The highest BCUT2D eigenvalue weighted by Crippen LogP contribution is 2.27. The summed E-state index contributed by atoms with van der Waals surface area (Å²) in [7, 11) is 0. The second-order valence-corrected chi connectivity index (χ2v) is 6.27. The molecule has 0 radical (unpaired) electrons. The highest BCUT2D eigenvalue weighted by atomic mass is 16.5. The van der Waals surface area contributed by atoms with E-state index in [1.54, 1.807) is 0 Å². The summed E-state index contributed by atoms with van der Waals surface area (Å²) in [6.07, 6.45) is 2.81. The number of aromatic nitrogens is 2. The normalized spacial score (nSPS) is 15.6. The molecule has 1 fully saturated rings. The highest BCUT2D eigenvalue weighted by molar-refractivity contribution is 5.77. The molecule has 0 atom stereocenters. The number of ether oxygens (including phenoxy) is 1. The van der Waals surface area contributed by atoms with Crippen LogP contribution in [0.1, 0.15) is 42.6 Å². The molecule has 1 aliphatic rings. The van der Waals surface area contributed by atoms with Gasteiger partial charge in [0.05, 0.1) is 5.69 Å². The summed E-state index contributed by atoms with van der Waals surface area (Å²) in [6.45, 7) is 4.27. The fraction of sp³-hybridized carbons (Fsp3) is 0.474. The molecule has 1 aromatic heterocycles. The number of carbonyl (C=O) groups is 1. The molecule has 128 valence electrons. The van der Waals surface area contributed by atoms with E-state index in [-0.39, 0.29) is 12.5 Å². The van der Waals surface area contributed by atoms with Gasteiger partial charge in [-0.05, 0) is 31.4 Å². The number of aromatic amines is 1. The molecule has 2 aromatic rings. The summed E-state index contributed by atoms with van der Waals surface area (Å²) in [5.41, 5.74) is 3.55. The van der Waals surface area contributed by atoms with Gasteiger partial charge in [0.2, 0.25) is 5.91 Å². The van der Waals surface area contributed by atoms with Gasteiger partial charge in [-0.25, -0.2) is 0 Å². The van der Waals surface area contributed by atoms with Gasteiger partial charge in [-0.15, -0.1) is 0 Å².